The van der Waals surface area contributed by atoms with E-state index in [0.717, 1.165) is 12.5 Å². The maximum absolute atomic E-state index is 3.71. The lowest BCUT2D eigenvalue weighted by atomic mass is 10.1. The molecule has 0 bridgehead atoms. The van der Waals surface area contributed by atoms with Crippen LogP contribution in [0, 0.1) is 5.92 Å². The molecule has 1 unspecified atom stereocenters. The molecule has 0 saturated heterocycles. The van der Waals surface area contributed by atoms with Crippen LogP contribution in [0.1, 0.15) is 66.8 Å². The normalized spacial score (nSPS) is 21.4. The summed E-state index contributed by atoms with van der Waals surface area (Å²) >= 11 is 2.10. The first-order chi connectivity index (χ1) is 8.86. The first-order valence-electron chi connectivity index (χ1n) is 7.71. The van der Waals surface area contributed by atoms with E-state index in [9.17, 15) is 0 Å². The maximum Gasteiger partial charge on any atom is 0.0417 e. The molecule has 100 valence electrons. The molecule has 1 fully saturated rings. The molecule has 1 atom stereocenters. The molecule has 2 aliphatic carbocycles. The molecular formula is C16H25NS. The summed E-state index contributed by atoms with van der Waals surface area (Å²) in [5.41, 5.74) is 1.67. The molecule has 1 aromatic rings. The van der Waals surface area contributed by atoms with Gasteiger partial charge in [0.25, 0.3) is 0 Å². The number of nitrogens with one attached hydrogen (secondary N) is 1. The van der Waals surface area contributed by atoms with Gasteiger partial charge < -0.3 is 5.32 Å². The fourth-order valence-electron chi connectivity index (χ4n) is 3.10. The number of thiophene rings is 1. The van der Waals surface area contributed by atoms with Gasteiger partial charge in [0, 0.05) is 15.8 Å². The minimum absolute atomic E-state index is 0.638. The van der Waals surface area contributed by atoms with E-state index in [0.29, 0.717) is 6.04 Å². The van der Waals surface area contributed by atoms with E-state index in [4.69, 9.17) is 0 Å². The molecular weight excluding hydrogens is 238 g/mol. The Balaban J connectivity index is 1.75. The molecule has 0 amide bonds. The van der Waals surface area contributed by atoms with Crippen molar-refractivity contribution in [2.75, 3.05) is 6.54 Å². The monoisotopic (exact) mass is 263 g/mol. The van der Waals surface area contributed by atoms with Gasteiger partial charge in [-0.25, -0.2) is 0 Å². The highest BCUT2D eigenvalue weighted by molar-refractivity contribution is 7.12. The predicted molar refractivity (Wildman–Crippen MR) is 79.3 cm³/mol. The van der Waals surface area contributed by atoms with Crippen molar-refractivity contribution < 1.29 is 0 Å². The van der Waals surface area contributed by atoms with E-state index in [1.807, 2.05) is 0 Å². The second kappa shape index (κ2) is 5.75. The Kier molecular flexibility index (Phi) is 4.05. The summed E-state index contributed by atoms with van der Waals surface area (Å²) in [5.74, 6) is 1.01. The summed E-state index contributed by atoms with van der Waals surface area (Å²) in [5, 5.41) is 3.71. The lowest BCUT2D eigenvalue weighted by Gasteiger charge is -2.15. The molecule has 1 saturated carbocycles. The topological polar surface area (TPSA) is 12.0 Å². The molecule has 2 aliphatic rings. The summed E-state index contributed by atoms with van der Waals surface area (Å²) in [6, 6.07) is 3.17. The van der Waals surface area contributed by atoms with Crippen molar-refractivity contribution in [3.05, 3.63) is 21.4 Å². The third-order valence-electron chi connectivity index (χ3n) is 4.33. The van der Waals surface area contributed by atoms with E-state index in [2.05, 4.69) is 29.6 Å². The molecule has 0 aromatic carbocycles. The van der Waals surface area contributed by atoms with Crippen LogP contribution in [-0.4, -0.2) is 6.54 Å². The molecule has 1 N–H and O–H groups in total. The van der Waals surface area contributed by atoms with E-state index in [-0.39, 0.29) is 0 Å². The molecule has 0 aliphatic heterocycles. The third kappa shape index (κ3) is 2.97. The van der Waals surface area contributed by atoms with Crippen LogP contribution in [0.4, 0.5) is 0 Å². The molecule has 0 radical (unpaired) electrons. The highest BCUT2D eigenvalue weighted by Gasteiger charge is 2.27. The van der Waals surface area contributed by atoms with Gasteiger partial charge in [-0.2, -0.15) is 0 Å². The first-order valence-corrected chi connectivity index (χ1v) is 8.53. The SMILES string of the molecule is CCNC(CC1CC1)c1cc2c(s1)CCCCC2. The van der Waals surface area contributed by atoms with Crippen molar-refractivity contribution >= 4 is 11.3 Å². The summed E-state index contributed by atoms with van der Waals surface area (Å²) in [4.78, 5) is 3.32. The Labute approximate surface area is 115 Å². The van der Waals surface area contributed by atoms with Gasteiger partial charge in [-0.1, -0.05) is 26.2 Å². The van der Waals surface area contributed by atoms with E-state index in [1.54, 1.807) is 15.3 Å². The van der Waals surface area contributed by atoms with Gasteiger partial charge in [0.1, 0.15) is 0 Å². The number of fused-ring (bicyclic) bond motifs is 1. The molecule has 18 heavy (non-hydrogen) atoms. The van der Waals surface area contributed by atoms with Crippen molar-refractivity contribution in [1.82, 2.24) is 5.32 Å². The zero-order valence-electron chi connectivity index (χ0n) is 11.5. The summed E-state index contributed by atoms with van der Waals surface area (Å²) in [6.07, 6.45) is 11.2. The second-order valence-electron chi connectivity index (χ2n) is 5.95. The number of rotatable bonds is 5. The highest BCUT2D eigenvalue weighted by Crippen LogP contribution is 2.40. The Morgan fingerprint density at radius 1 is 1.28 bits per heavy atom. The Hall–Kier alpha value is -0.340. The fraction of sp³-hybridized carbons (Fsp3) is 0.750. The van der Waals surface area contributed by atoms with Crippen molar-refractivity contribution in [3.8, 4) is 0 Å². The Morgan fingerprint density at radius 2 is 2.11 bits per heavy atom. The van der Waals surface area contributed by atoms with E-state index in [1.165, 1.54) is 51.4 Å². The van der Waals surface area contributed by atoms with Gasteiger partial charge in [0.05, 0.1) is 0 Å². The average molecular weight is 263 g/mol. The van der Waals surface area contributed by atoms with Gasteiger partial charge in [0.15, 0.2) is 0 Å². The van der Waals surface area contributed by atoms with Crippen LogP contribution in [0.2, 0.25) is 0 Å². The van der Waals surface area contributed by atoms with Crippen LogP contribution in [0.15, 0.2) is 6.07 Å². The molecule has 1 nitrogen and oxygen atoms in total. The molecule has 2 heteroatoms. The number of hydrogen-bond donors (Lipinski definition) is 1. The molecule has 1 heterocycles. The highest BCUT2D eigenvalue weighted by atomic mass is 32.1. The van der Waals surface area contributed by atoms with Gasteiger partial charge in [-0.15, -0.1) is 11.3 Å². The van der Waals surface area contributed by atoms with Gasteiger partial charge >= 0.3 is 0 Å². The van der Waals surface area contributed by atoms with E-state index < -0.39 is 0 Å². The fourth-order valence-corrected chi connectivity index (χ4v) is 4.44. The minimum Gasteiger partial charge on any atom is -0.310 e. The summed E-state index contributed by atoms with van der Waals surface area (Å²) < 4.78 is 0. The molecule has 3 rings (SSSR count). The smallest absolute Gasteiger partial charge is 0.0417 e. The Morgan fingerprint density at radius 3 is 2.89 bits per heavy atom. The van der Waals surface area contributed by atoms with Gasteiger partial charge in [-0.05, 0) is 56.2 Å². The van der Waals surface area contributed by atoms with Crippen LogP contribution < -0.4 is 5.32 Å². The summed E-state index contributed by atoms with van der Waals surface area (Å²) in [6.45, 7) is 3.33. The van der Waals surface area contributed by atoms with Crippen LogP contribution in [-0.2, 0) is 12.8 Å². The largest absolute Gasteiger partial charge is 0.310 e. The first kappa shape index (κ1) is 12.7. The lowest BCUT2D eigenvalue weighted by Crippen LogP contribution is -2.20. The van der Waals surface area contributed by atoms with Crippen LogP contribution in [0.5, 0.6) is 0 Å². The number of aryl methyl sites for hydroxylation is 2. The number of hydrogen-bond acceptors (Lipinski definition) is 2. The van der Waals surface area contributed by atoms with Crippen molar-refractivity contribution in [3.63, 3.8) is 0 Å². The van der Waals surface area contributed by atoms with Crippen LogP contribution in [0.25, 0.3) is 0 Å². The zero-order chi connectivity index (χ0) is 12.4. The van der Waals surface area contributed by atoms with Crippen LogP contribution in [0.3, 0.4) is 0 Å². The average Bonchev–Trinajstić information content (AvgIpc) is 3.13. The van der Waals surface area contributed by atoms with E-state index >= 15 is 0 Å². The van der Waals surface area contributed by atoms with Crippen molar-refractivity contribution in [2.45, 2.75) is 64.3 Å². The van der Waals surface area contributed by atoms with Gasteiger partial charge in [-0.3, -0.25) is 0 Å². The summed E-state index contributed by atoms with van der Waals surface area (Å²) in [7, 11) is 0. The Bertz CT molecular complexity index is 368. The maximum atomic E-state index is 3.71. The lowest BCUT2D eigenvalue weighted by molar-refractivity contribution is 0.493. The van der Waals surface area contributed by atoms with Gasteiger partial charge in [0.2, 0.25) is 0 Å². The third-order valence-corrected chi connectivity index (χ3v) is 5.68. The zero-order valence-corrected chi connectivity index (χ0v) is 12.3. The second-order valence-corrected chi connectivity index (χ2v) is 7.12. The standard InChI is InChI=1S/C16H25NS/c1-2-17-14(10-12-8-9-12)16-11-13-6-4-3-5-7-15(13)18-16/h11-12,14,17H,2-10H2,1H3. The molecule has 1 aromatic heterocycles. The predicted octanol–water partition coefficient (Wildman–Crippen LogP) is 4.47. The molecule has 0 spiro atoms. The van der Waals surface area contributed by atoms with Crippen molar-refractivity contribution in [1.29, 1.82) is 0 Å². The quantitative estimate of drug-likeness (QED) is 0.773. The van der Waals surface area contributed by atoms with Crippen molar-refractivity contribution in [2.24, 2.45) is 5.92 Å². The minimum atomic E-state index is 0.638. The van der Waals surface area contributed by atoms with Crippen LogP contribution >= 0.6 is 11.3 Å².